The first kappa shape index (κ1) is 20.9. The Morgan fingerprint density at radius 1 is 1.04 bits per heavy atom. The van der Waals surface area contributed by atoms with Crippen LogP contribution in [-0.4, -0.2) is 32.2 Å². The monoisotopic (exact) mass is 386 g/mol. The Bertz CT molecular complexity index is 914. The third-order valence-electron chi connectivity index (χ3n) is 4.04. The Kier molecular flexibility index (Phi) is 6.57. The minimum Gasteiger partial charge on any atom is -0.325 e. The highest BCUT2D eigenvalue weighted by Crippen LogP contribution is 2.29. The first-order chi connectivity index (χ1) is 12.6. The maximum atomic E-state index is 12.4. The second-order valence-corrected chi connectivity index (χ2v) is 9.28. The van der Waals surface area contributed by atoms with E-state index in [0.29, 0.717) is 5.69 Å². The SMILES string of the molecule is CN(CC(=O)Nc1ccccc1C(C)(C)C)S(=O)(=O)/C=C/c1ccccc1. The average molecular weight is 387 g/mol. The van der Waals surface area contributed by atoms with Gasteiger partial charge in [-0.2, -0.15) is 4.31 Å². The van der Waals surface area contributed by atoms with Gasteiger partial charge in [-0.05, 0) is 28.7 Å². The highest BCUT2D eigenvalue weighted by Gasteiger charge is 2.21. The summed E-state index contributed by atoms with van der Waals surface area (Å²) < 4.78 is 25.8. The first-order valence-corrected chi connectivity index (χ1v) is 10.2. The Morgan fingerprint density at radius 2 is 1.63 bits per heavy atom. The molecular weight excluding hydrogens is 360 g/mol. The molecule has 0 unspecified atom stereocenters. The van der Waals surface area contributed by atoms with Crippen molar-refractivity contribution in [1.82, 2.24) is 4.31 Å². The number of nitrogens with one attached hydrogen (secondary N) is 1. The molecule has 27 heavy (non-hydrogen) atoms. The molecule has 5 nitrogen and oxygen atoms in total. The van der Waals surface area contributed by atoms with Gasteiger partial charge in [-0.15, -0.1) is 0 Å². The number of likely N-dealkylation sites (N-methyl/N-ethyl adjacent to an activating group) is 1. The fourth-order valence-electron chi connectivity index (χ4n) is 2.56. The molecule has 0 bridgehead atoms. The highest BCUT2D eigenvalue weighted by molar-refractivity contribution is 7.92. The van der Waals surface area contributed by atoms with Crippen LogP contribution >= 0.6 is 0 Å². The van der Waals surface area contributed by atoms with Crippen molar-refractivity contribution in [2.75, 3.05) is 18.9 Å². The second-order valence-electron chi connectivity index (χ2n) is 7.36. The first-order valence-electron chi connectivity index (χ1n) is 8.68. The van der Waals surface area contributed by atoms with Crippen LogP contribution in [0.3, 0.4) is 0 Å². The molecular formula is C21H26N2O3S. The normalized spacial score (nSPS) is 12.5. The fraction of sp³-hybridized carbons (Fsp3) is 0.286. The Hall–Kier alpha value is -2.44. The zero-order chi connectivity index (χ0) is 20.1. The van der Waals surface area contributed by atoms with E-state index in [1.807, 2.05) is 54.6 Å². The molecule has 0 saturated carbocycles. The van der Waals surface area contributed by atoms with Crippen LogP contribution in [-0.2, 0) is 20.2 Å². The van der Waals surface area contributed by atoms with Gasteiger partial charge in [-0.3, -0.25) is 4.79 Å². The number of hydrogen-bond acceptors (Lipinski definition) is 3. The lowest BCUT2D eigenvalue weighted by atomic mass is 9.86. The van der Waals surface area contributed by atoms with E-state index in [2.05, 4.69) is 26.1 Å². The van der Waals surface area contributed by atoms with Crippen LogP contribution in [0.25, 0.3) is 6.08 Å². The molecule has 2 aromatic carbocycles. The Morgan fingerprint density at radius 3 is 2.26 bits per heavy atom. The standard InChI is InChI=1S/C21H26N2O3S/c1-21(2,3)18-12-8-9-13-19(18)22-20(24)16-23(4)27(25,26)15-14-17-10-6-5-7-11-17/h5-15H,16H2,1-4H3,(H,22,24)/b15-14+. The maximum Gasteiger partial charge on any atom is 0.239 e. The lowest BCUT2D eigenvalue weighted by Gasteiger charge is -2.23. The van der Waals surface area contributed by atoms with Crippen LogP contribution in [0.15, 0.2) is 60.0 Å². The van der Waals surface area contributed by atoms with E-state index in [1.54, 1.807) is 0 Å². The van der Waals surface area contributed by atoms with Crippen molar-refractivity contribution in [3.05, 3.63) is 71.1 Å². The summed E-state index contributed by atoms with van der Waals surface area (Å²) in [5.41, 5.74) is 2.33. The van der Waals surface area contributed by atoms with Crippen LogP contribution < -0.4 is 5.32 Å². The van der Waals surface area contributed by atoms with E-state index >= 15 is 0 Å². The maximum absolute atomic E-state index is 12.4. The number of anilines is 1. The number of amides is 1. The fourth-order valence-corrected chi connectivity index (χ4v) is 3.39. The molecule has 0 atom stereocenters. The van der Waals surface area contributed by atoms with Crippen LogP contribution in [0.1, 0.15) is 31.9 Å². The van der Waals surface area contributed by atoms with Crippen LogP contribution in [0, 0.1) is 0 Å². The van der Waals surface area contributed by atoms with Crippen LogP contribution in [0.4, 0.5) is 5.69 Å². The van der Waals surface area contributed by atoms with Crippen molar-refractivity contribution >= 4 is 27.7 Å². The van der Waals surface area contributed by atoms with E-state index in [-0.39, 0.29) is 17.9 Å². The lowest BCUT2D eigenvalue weighted by molar-refractivity contribution is -0.116. The van der Waals surface area contributed by atoms with Gasteiger partial charge in [0, 0.05) is 18.1 Å². The van der Waals surface area contributed by atoms with Gasteiger partial charge < -0.3 is 5.32 Å². The van der Waals surface area contributed by atoms with Gasteiger partial charge in [-0.1, -0.05) is 69.3 Å². The largest absolute Gasteiger partial charge is 0.325 e. The number of benzene rings is 2. The zero-order valence-corrected chi connectivity index (χ0v) is 17.0. The molecule has 0 aliphatic heterocycles. The summed E-state index contributed by atoms with van der Waals surface area (Å²) in [7, 11) is -2.30. The molecule has 6 heteroatoms. The molecule has 0 heterocycles. The van der Waals surface area contributed by atoms with Crippen molar-refractivity contribution in [2.24, 2.45) is 0 Å². The van der Waals surface area contributed by atoms with Crippen molar-refractivity contribution in [3.8, 4) is 0 Å². The molecule has 1 N–H and O–H groups in total. The summed E-state index contributed by atoms with van der Waals surface area (Å²) in [6.45, 7) is 5.91. The number of para-hydroxylation sites is 1. The van der Waals surface area contributed by atoms with Gasteiger partial charge in [0.1, 0.15) is 0 Å². The van der Waals surface area contributed by atoms with Gasteiger partial charge in [0.15, 0.2) is 0 Å². The summed E-state index contributed by atoms with van der Waals surface area (Å²) in [5, 5.41) is 3.93. The molecule has 0 spiro atoms. The van der Waals surface area contributed by atoms with Gasteiger partial charge in [-0.25, -0.2) is 8.42 Å². The van der Waals surface area contributed by atoms with Crippen molar-refractivity contribution in [3.63, 3.8) is 0 Å². The minimum atomic E-state index is -3.69. The number of sulfonamides is 1. The topological polar surface area (TPSA) is 66.5 Å². The van der Waals surface area contributed by atoms with E-state index in [4.69, 9.17) is 0 Å². The molecule has 0 radical (unpaired) electrons. The molecule has 2 aromatic rings. The zero-order valence-electron chi connectivity index (χ0n) is 16.1. The smallest absolute Gasteiger partial charge is 0.239 e. The van der Waals surface area contributed by atoms with E-state index in [9.17, 15) is 13.2 Å². The number of rotatable bonds is 6. The van der Waals surface area contributed by atoms with Gasteiger partial charge in [0.05, 0.1) is 6.54 Å². The third kappa shape index (κ3) is 6.05. The molecule has 144 valence electrons. The lowest BCUT2D eigenvalue weighted by Crippen LogP contribution is -2.34. The Balaban J connectivity index is 2.06. The summed E-state index contributed by atoms with van der Waals surface area (Å²) in [5.74, 6) is -0.383. The summed E-state index contributed by atoms with van der Waals surface area (Å²) in [4.78, 5) is 12.4. The van der Waals surface area contributed by atoms with Gasteiger partial charge in [0.25, 0.3) is 0 Å². The van der Waals surface area contributed by atoms with Gasteiger partial charge >= 0.3 is 0 Å². The molecule has 0 aromatic heterocycles. The molecule has 0 saturated heterocycles. The predicted molar refractivity (Wildman–Crippen MR) is 111 cm³/mol. The molecule has 0 aliphatic rings. The minimum absolute atomic E-state index is 0.139. The second kappa shape index (κ2) is 8.50. The van der Waals surface area contributed by atoms with E-state index < -0.39 is 10.0 Å². The van der Waals surface area contributed by atoms with Crippen LogP contribution in [0.5, 0.6) is 0 Å². The van der Waals surface area contributed by atoms with Crippen molar-refractivity contribution in [1.29, 1.82) is 0 Å². The summed E-state index contributed by atoms with van der Waals surface area (Å²) in [6, 6.07) is 16.7. The molecule has 1 amide bonds. The number of hydrogen-bond donors (Lipinski definition) is 1. The Labute approximate surface area is 161 Å². The van der Waals surface area contributed by atoms with E-state index in [0.717, 1.165) is 20.8 Å². The predicted octanol–water partition coefficient (Wildman–Crippen LogP) is 3.86. The van der Waals surface area contributed by atoms with E-state index in [1.165, 1.54) is 13.1 Å². The number of carbonyl (C=O) groups is 1. The molecule has 0 aliphatic carbocycles. The van der Waals surface area contributed by atoms with Gasteiger partial charge in [0.2, 0.25) is 15.9 Å². The van der Waals surface area contributed by atoms with Crippen molar-refractivity contribution < 1.29 is 13.2 Å². The third-order valence-corrected chi connectivity index (χ3v) is 5.52. The number of nitrogens with zero attached hydrogens (tertiary/aromatic N) is 1. The van der Waals surface area contributed by atoms with Crippen LogP contribution in [0.2, 0.25) is 0 Å². The quantitative estimate of drug-likeness (QED) is 0.820. The number of carbonyl (C=O) groups excluding carboxylic acids is 1. The average Bonchev–Trinajstić information content (AvgIpc) is 2.60. The highest BCUT2D eigenvalue weighted by atomic mass is 32.2. The molecule has 0 fully saturated rings. The summed E-state index contributed by atoms with van der Waals surface area (Å²) >= 11 is 0. The van der Waals surface area contributed by atoms with Crippen molar-refractivity contribution in [2.45, 2.75) is 26.2 Å². The molecule has 2 rings (SSSR count). The summed E-state index contributed by atoms with van der Waals surface area (Å²) in [6.07, 6.45) is 1.51.